The second-order valence-electron chi connectivity index (χ2n) is 5.29. The van der Waals surface area contributed by atoms with Crippen LogP contribution in [0, 0.1) is 0 Å². The van der Waals surface area contributed by atoms with E-state index in [1.165, 1.54) is 0 Å². The molecule has 0 aliphatic rings. The van der Waals surface area contributed by atoms with Gasteiger partial charge in [0.15, 0.2) is 0 Å². The molecule has 0 saturated carbocycles. The van der Waals surface area contributed by atoms with Gasteiger partial charge in [0.1, 0.15) is 5.75 Å². The van der Waals surface area contributed by atoms with Gasteiger partial charge in [0.05, 0.1) is 12.5 Å². The van der Waals surface area contributed by atoms with Gasteiger partial charge in [-0.15, -0.1) is 5.48 Å². The quantitative estimate of drug-likeness (QED) is 0.677. The molecule has 0 spiro atoms. The molecule has 0 fully saturated rings. The third-order valence-corrected chi connectivity index (χ3v) is 3.62. The van der Waals surface area contributed by atoms with Gasteiger partial charge in [0.25, 0.3) is 0 Å². The minimum atomic E-state index is -0.881. The lowest BCUT2D eigenvalue weighted by molar-refractivity contribution is -0.138. The molecule has 0 aliphatic heterocycles. The topological polar surface area (TPSA) is 58.6 Å². The summed E-state index contributed by atoms with van der Waals surface area (Å²) in [7, 11) is 0. The highest BCUT2D eigenvalue weighted by Crippen LogP contribution is 2.22. The van der Waals surface area contributed by atoms with Crippen molar-refractivity contribution in [2.75, 3.05) is 0 Å². The Hall–Kier alpha value is -2.85. The summed E-state index contributed by atoms with van der Waals surface area (Å²) in [4.78, 5) is 16.7. The van der Waals surface area contributed by atoms with Crippen molar-refractivity contribution in [3.8, 4) is 5.75 Å². The molecular weight excluding hydrogens is 290 g/mol. The van der Waals surface area contributed by atoms with Crippen molar-refractivity contribution < 1.29 is 14.7 Å². The summed E-state index contributed by atoms with van der Waals surface area (Å²) in [6.07, 6.45) is -0.0579. The van der Waals surface area contributed by atoms with E-state index in [0.717, 1.165) is 16.3 Å². The van der Waals surface area contributed by atoms with Gasteiger partial charge in [0.2, 0.25) is 0 Å². The van der Waals surface area contributed by atoms with E-state index >= 15 is 0 Å². The van der Waals surface area contributed by atoms with Gasteiger partial charge in [-0.1, -0.05) is 60.7 Å². The Labute approximate surface area is 134 Å². The fraction of sp³-hybridized carbons (Fsp3) is 0.105. The first-order chi connectivity index (χ1) is 11.2. The molecule has 3 rings (SSSR count). The van der Waals surface area contributed by atoms with E-state index in [4.69, 9.17) is 9.94 Å². The van der Waals surface area contributed by atoms with Crippen molar-refractivity contribution in [1.82, 2.24) is 5.48 Å². The summed E-state index contributed by atoms with van der Waals surface area (Å²) in [6, 6.07) is 22.7. The second kappa shape index (κ2) is 6.94. The molecule has 3 aromatic rings. The Morgan fingerprint density at radius 2 is 1.65 bits per heavy atom. The normalized spacial score (nSPS) is 12.0. The lowest BCUT2D eigenvalue weighted by Crippen LogP contribution is -2.27. The van der Waals surface area contributed by atoms with E-state index in [-0.39, 0.29) is 6.42 Å². The first-order valence-corrected chi connectivity index (χ1v) is 7.40. The Morgan fingerprint density at radius 1 is 0.957 bits per heavy atom. The third kappa shape index (κ3) is 3.87. The highest BCUT2D eigenvalue weighted by Gasteiger charge is 2.16. The third-order valence-electron chi connectivity index (χ3n) is 3.62. The maximum atomic E-state index is 11.1. The molecule has 0 amide bonds. The van der Waals surface area contributed by atoms with Gasteiger partial charge < -0.3 is 9.94 Å². The minimum absolute atomic E-state index is 0.0579. The number of benzene rings is 3. The number of aliphatic carboxylic acids is 1. The van der Waals surface area contributed by atoms with Crippen LogP contribution >= 0.6 is 0 Å². The number of hydrogen-bond donors (Lipinski definition) is 2. The number of nitrogens with one attached hydrogen (secondary N) is 1. The van der Waals surface area contributed by atoms with Crippen LogP contribution < -0.4 is 10.3 Å². The SMILES string of the molecule is O=C(O)CC(NOc1ccc2ccccc2c1)c1ccccc1. The number of carboxylic acid groups (broad SMARTS) is 1. The zero-order chi connectivity index (χ0) is 16.1. The van der Waals surface area contributed by atoms with E-state index in [2.05, 4.69) is 5.48 Å². The van der Waals surface area contributed by atoms with Crippen LogP contribution in [0.4, 0.5) is 0 Å². The summed E-state index contributed by atoms with van der Waals surface area (Å²) >= 11 is 0. The Bertz CT molecular complexity index is 802. The number of hydroxylamine groups is 1. The predicted octanol–water partition coefficient (Wildman–Crippen LogP) is 3.94. The zero-order valence-electron chi connectivity index (χ0n) is 12.5. The fourth-order valence-electron chi connectivity index (χ4n) is 2.46. The lowest BCUT2D eigenvalue weighted by atomic mass is 10.1. The van der Waals surface area contributed by atoms with Crippen molar-refractivity contribution in [2.24, 2.45) is 0 Å². The molecule has 23 heavy (non-hydrogen) atoms. The summed E-state index contributed by atoms with van der Waals surface area (Å²) in [5.74, 6) is -0.233. The van der Waals surface area contributed by atoms with Crippen molar-refractivity contribution in [3.05, 3.63) is 78.4 Å². The Morgan fingerprint density at radius 3 is 2.39 bits per heavy atom. The zero-order valence-corrected chi connectivity index (χ0v) is 12.5. The van der Waals surface area contributed by atoms with Gasteiger partial charge in [-0.25, -0.2) is 0 Å². The van der Waals surface area contributed by atoms with Crippen molar-refractivity contribution in [2.45, 2.75) is 12.5 Å². The summed E-state index contributed by atoms with van der Waals surface area (Å²) in [6.45, 7) is 0. The molecule has 0 bridgehead atoms. The molecule has 0 saturated heterocycles. The standard InChI is InChI=1S/C19H17NO3/c21-19(22)13-18(15-7-2-1-3-8-15)20-23-17-11-10-14-6-4-5-9-16(14)12-17/h1-12,18,20H,13H2,(H,21,22). The molecule has 0 aromatic heterocycles. The minimum Gasteiger partial charge on any atom is -0.481 e. The van der Waals surface area contributed by atoms with Crippen LogP contribution in [-0.4, -0.2) is 11.1 Å². The molecule has 0 radical (unpaired) electrons. The molecule has 4 heteroatoms. The van der Waals surface area contributed by atoms with Crippen LogP contribution in [0.3, 0.4) is 0 Å². The molecular formula is C19H17NO3. The average Bonchev–Trinajstić information content (AvgIpc) is 2.59. The first kappa shape index (κ1) is 15.1. The second-order valence-corrected chi connectivity index (χ2v) is 5.29. The smallest absolute Gasteiger partial charge is 0.305 e. The largest absolute Gasteiger partial charge is 0.481 e. The molecule has 2 N–H and O–H groups in total. The van der Waals surface area contributed by atoms with E-state index in [1.54, 1.807) is 0 Å². The molecule has 0 aliphatic carbocycles. The maximum absolute atomic E-state index is 11.1. The number of hydrogen-bond acceptors (Lipinski definition) is 3. The highest BCUT2D eigenvalue weighted by atomic mass is 16.6. The van der Waals surface area contributed by atoms with Gasteiger partial charge in [-0.3, -0.25) is 4.79 Å². The van der Waals surface area contributed by atoms with Crippen LogP contribution in [-0.2, 0) is 4.79 Å². The number of fused-ring (bicyclic) bond motifs is 1. The molecule has 1 atom stereocenters. The molecule has 3 aromatic carbocycles. The highest BCUT2D eigenvalue weighted by molar-refractivity contribution is 5.83. The van der Waals surface area contributed by atoms with Gasteiger partial charge in [0, 0.05) is 0 Å². The molecule has 1 unspecified atom stereocenters. The number of rotatable bonds is 6. The van der Waals surface area contributed by atoms with E-state index < -0.39 is 12.0 Å². The monoisotopic (exact) mass is 307 g/mol. The Balaban J connectivity index is 1.75. The maximum Gasteiger partial charge on any atom is 0.305 e. The summed E-state index contributed by atoms with van der Waals surface area (Å²) in [5.41, 5.74) is 3.74. The van der Waals surface area contributed by atoms with Crippen LogP contribution in [0.15, 0.2) is 72.8 Å². The van der Waals surface area contributed by atoms with Gasteiger partial charge in [-0.05, 0) is 28.5 Å². The van der Waals surface area contributed by atoms with E-state index in [1.807, 2.05) is 72.8 Å². The molecule has 0 heterocycles. The summed E-state index contributed by atoms with van der Waals surface area (Å²) < 4.78 is 0. The summed E-state index contributed by atoms with van der Waals surface area (Å²) in [5, 5.41) is 11.3. The van der Waals surface area contributed by atoms with Gasteiger partial charge in [-0.2, -0.15) is 0 Å². The van der Waals surface area contributed by atoms with Crippen LogP contribution in [0.2, 0.25) is 0 Å². The van der Waals surface area contributed by atoms with Crippen LogP contribution in [0.5, 0.6) is 5.75 Å². The van der Waals surface area contributed by atoms with Gasteiger partial charge >= 0.3 is 5.97 Å². The van der Waals surface area contributed by atoms with E-state index in [0.29, 0.717) is 5.75 Å². The van der Waals surface area contributed by atoms with Crippen molar-refractivity contribution >= 4 is 16.7 Å². The average molecular weight is 307 g/mol. The Kier molecular flexibility index (Phi) is 4.54. The molecule has 4 nitrogen and oxygen atoms in total. The van der Waals surface area contributed by atoms with Crippen LogP contribution in [0.1, 0.15) is 18.0 Å². The van der Waals surface area contributed by atoms with E-state index in [9.17, 15) is 4.79 Å². The first-order valence-electron chi connectivity index (χ1n) is 7.40. The number of carbonyl (C=O) groups is 1. The molecule has 116 valence electrons. The van der Waals surface area contributed by atoms with Crippen LogP contribution in [0.25, 0.3) is 10.8 Å². The van der Waals surface area contributed by atoms with Crippen molar-refractivity contribution in [3.63, 3.8) is 0 Å². The number of carboxylic acids is 1. The van der Waals surface area contributed by atoms with Crippen molar-refractivity contribution in [1.29, 1.82) is 0 Å². The lowest BCUT2D eigenvalue weighted by Gasteiger charge is -2.17. The fourth-order valence-corrected chi connectivity index (χ4v) is 2.46. The predicted molar refractivity (Wildman–Crippen MR) is 89.1 cm³/mol.